The molecule has 0 aliphatic rings. The number of fused-ring (bicyclic) bond motifs is 1. The topological polar surface area (TPSA) is 29.9 Å². The van der Waals surface area contributed by atoms with Gasteiger partial charge in [-0.2, -0.15) is 0 Å². The highest BCUT2D eigenvalue weighted by Crippen LogP contribution is 2.24. The van der Waals surface area contributed by atoms with Crippen LogP contribution in [0.2, 0.25) is 0 Å². The average molecular weight is 273 g/mol. The van der Waals surface area contributed by atoms with E-state index in [1.165, 1.54) is 11.3 Å². The van der Waals surface area contributed by atoms with Gasteiger partial charge in [-0.15, -0.1) is 0 Å². The van der Waals surface area contributed by atoms with E-state index in [1.807, 2.05) is 0 Å². The van der Waals surface area contributed by atoms with Crippen LogP contribution in [0.3, 0.4) is 0 Å². The molecule has 0 spiro atoms. The van der Waals surface area contributed by atoms with Crippen LogP contribution in [0, 0.1) is 5.41 Å². The van der Waals surface area contributed by atoms with Crippen molar-refractivity contribution in [2.75, 3.05) is 6.54 Å². The fourth-order valence-corrected chi connectivity index (χ4v) is 2.75. The second-order valence-electron chi connectivity index (χ2n) is 6.44. The number of hydrogen-bond donors (Lipinski definition) is 1. The largest absolute Gasteiger partial charge is 0.328 e. The van der Waals surface area contributed by atoms with E-state index < -0.39 is 0 Å². The van der Waals surface area contributed by atoms with Crippen LogP contribution in [0.1, 0.15) is 40.4 Å². The molecule has 0 radical (unpaired) electrons. The number of imidazole rings is 1. The Morgan fingerprint density at radius 3 is 2.50 bits per heavy atom. The standard InChI is InChI=1S/C17H27N3/c1-6-18-15(17(3,4)5)12-16-19-13-10-8-9-11-14(13)20(16)7-2/h8-11,15,18H,6-7,12H2,1-5H3. The molecule has 1 atom stereocenters. The number of para-hydroxylation sites is 2. The third kappa shape index (κ3) is 3.04. The average Bonchev–Trinajstić information content (AvgIpc) is 2.74. The third-order valence-corrected chi connectivity index (χ3v) is 3.93. The Balaban J connectivity index is 2.36. The molecule has 20 heavy (non-hydrogen) atoms. The van der Waals surface area contributed by atoms with E-state index in [1.54, 1.807) is 0 Å². The van der Waals surface area contributed by atoms with Crippen molar-refractivity contribution < 1.29 is 0 Å². The number of benzene rings is 1. The summed E-state index contributed by atoms with van der Waals surface area (Å²) in [6.45, 7) is 13.2. The van der Waals surface area contributed by atoms with E-state index in [9.17, 15) is 0 Å². The second kappa shape index (κ2) is 5.96. The summed E-state index contributed by atoms with van der Waals surface area (Å²) < 4.78 is 2.34. The monoisotopic (exact) mass is 273 g/mol. The lowest BCUT2D eigenvalue weighted by Gasteiger charge is -2.31. The van der Waals surface area contributed by atoms with E-state index in [0.717, 1.165) is 25.0 Å². The van der Waals surface area contributed by atoms with Gasteiger partial charge in [0.1, 0.15) is 5.82 Å². The molecule has 3 heteroatoms. The molecule has 2 rings (SSSR count). The van der Waals surface area contributed by atoms with Crippen molar-refractivity contribution in [3.05, 3.63) is 30.1 Å². The Hall–Kier alpha value is -1.35. The molecular formula is C17H27N3. The molecule has 1 N–H and O–H groups in total. The van der Waals surface area contributed by atoms with E-state index in [4.69, 9.17) is 4.98 Å². The molecule has 2 aromatic rings. The van der Waals surface area contributed by atoms with Crippen LogP contribution >= 0.6 is 0 Å². The highest BCUT2D eigenvalue weighted by Gasteiger charge is 2.26. The Kier molecular flexibility index (Phi) is 4.48. The summed E-state index contributed by atoms with van der Waals surface area (Å²) in [6, 6.07) is 8.85. The van der Waals surface area contributed by atoms with Gasteiger partial charge in [-0.05, 0) is 31.0 Å². The Morgan fingerprint density at radius 2 is 1.90 bits per heavy atom. The SMILES string of the molecule is CCNC(Cc1nc2ccccc2n1CC)C(C)(C)C. The molecule has 0 bridgehead atoms. The Labute approximate surface area is 122 Å². The molecule has 0 aliphatic heterocycles. The van der Waals surface area contributed by atoms with Crippen LogP contribution in [0.15, 0.2) is 24.3 Å². The quantitative estimate of drug-likeness (QED) is 0.901. The summed E-state index contributed by atoms with van der Waals surface area (Å²) >= 11 is 0. The summed E-state index contributed by atoms with van der Waals surface area (Å²) in [5.74, 6) is 1.19. The first-order valence-electron chi connectivity index (χ1n) is 7.64. The number of nitrogens with one attached hydrogen (secondary N) is 1. The fourth-order valence-electron chi connectivity index (χ4n) is 2.75. The molecule has 3 nitrogen and oxygen atoms in total. The van der Waals surface area contributed by atoms with Gasteiger partial charge in [0.15, 0.2) is 0 Å². The Morgan fingerprint density at radius 1 is 1.20 bits per heavy atom. The summed E-state index contributed by atoms with van der Waals surface area (Å²) in [6.07, 6.45) is 0.972. The number of likely N-dealkylation sites (N-methyl/N-ethyl adjacent to an activating group) is 1. The van der Waals surface area contributed by atoms with Gasteiger partial charge < -0.3 is 9.88 Å². The van der Waals surface area contributed by atoms with Gasteiger partial charge in [-0.1, -0.05) is 39.8 Å². The molecule has 0 aliphatic carbocycles. The van der Waals surface area contributed by atoms with Crippen molar-refractivity contribution in [3.8, 4) is 0 Å². The number of aryl methyl sites for hydroxylation is 1. The van der Waals surface area contributed by atoms with Crippen molar-refractivity contribution in [1.82, 2.24) is 14.9 Å². The normalized spacial score (nSPS) is 13.8. The van der Waals surface area contributed by atoms with Crippen LogP contribution in [-0.4, -0.2) is 22.1 Å². The van der Waals surface area contributed by atoms with Crippen molar-refractivity contribution >= 4 is 11.0 Å². The summed E-state index contributed by atoms with van der Waals surface area (Å²) in [5.41, 5.74) is 2.58. The molecule has 1 unspecified atom stereocenters. The van der Waals surface area contributed by atoms with Gasteiger partial charge in [-0.25, -0.2) is 4.98 Å². The van der Waals surface area contributed by atoms with Crippen molar-refractivity contribution in [1.29, 1.82) is 0 Å². The lowest BCUT2D eigenvalue weighted by atomic mass is 9.84. The first-order valence-corrected chi connectivity index (χ1v) is 7.64. The van der Waals surface area contributed by atoms with E-state index in [2.05, 4.69) is 68.8 Å². The van der Waals surface area contributed by atoms with Crippen molar-refractivity contribution in [2.24, 2.45) is 5.41 Å². The van der Waals surface area contributed by atoms with Gasteiger partial charge in [0.25, 0.3) is 0 Å². The van der Waals surface area contributed by atoms with Gasteiger partial charge in [0, 0.05) is 19.0 Å². The molecule has 110 valence electrons. The zero-order chi connectivity index (χ0) is 14.8. The van der Waals surface area contributed by atoms with Gasteiger partial charge in [0.05, 0.1) is 11.0 Å². The van der Waals surface area contributed by atoms with Crippen LogP contribution in [0.25, 0.3) is 11.0 Å². The van der Waals surface area contributed by atoms with Gasteiger partial charge in [-0.3, -0.25) is 0 Å². The molecular weight excluding hydrogens is 246 g/mol. The molecule has 1 heterocycles. The summed E-state index contributed by atoms with van der Waals surface area (Å²) in [5, 5.41) is 3.61. The predicted octanol–water partition coefficient (Wildman–Crippen LogP) is 3.62. The van der Waals surface area contributed by atoms with Crippen molar-refractivity contribution in [3.63, 3.8) is 0 Å². The number of nitrogens with zero attached hydrogens (tertiary/aromatic N) is 2. The minimum atomic E-state index is 0.229. The zero-order valence-electron chi connectivity index (χ0n) is 13.4. The zero-order valence-corrected chi connectivity index (χ0v) is 13.4. The van der Waals surface area contributed by atoms with Crippen molar-refractivity contribution in [2.45, 2.75) is 53.6 Å². The molecule has 0 fully saturated rings. The molecule has 0 amide bonds. The minimum Gasteiger partial charge on any atom is -0.328 e. The maximum Gasteiger partial charge on any atom is 0.111 e. The summed E-state index contributed by atoms with van der Waals surface area (Å²) in [7, 11) is 0. The highest BCUT2D eigenvalue weighted by atomic mass is 15.1. The predicted molar refractivity (Wildman–Crippen MR) is 86.0 cm³/mol. The Bertz CT molecular complexity index is 563. The van der Waals surface area contributed by atoms with E-state index in [0.29, 0.717) is 6.04 Å². The van der Waals surface area contributed by atoms with E-state index in [-0.39, 0.29) is 5.41 Å². The summed E-state index contributed by atoms with van der Waals surface area (Å²) in [4.78, 5) is 4.84. The lowest BCUT2D eigenvalue weighted by Crippen LogP contribution is -2.42. The third-order valence-electron chi connectivity index (χ3n) is 3.93. The first-order chi connectivity index (χ1) is 9.47. The van der Waals surface area contributed by atoms with Crippen LogP contribution in [-0.2, 0) is 13.0 Å². The number of hydrogen-bond acceptors (Lipinski definition) is 2. The lowest BCUT2D eigenvalue weighted by molar-refractivity contribution is 0.265. The first kappa shape index (κ1) is 15.0. The smallest absolute Gasteiger partial charge is 0.111 e. The maximum absolute atomic E-state index is 4.84. The molecule has 0 saturated carbocycles. The number of aromatic nitrogens is 2. The molecule has 1 aromatic carbocycles. The highest BCUT2D eigenvalue weighted by molar-refractivity contribution is 5.75. The van der Waals surface area contributed by atoms with Crippen LogP contribution in [0.5, 0.6) is 0 Å². The van der Waals surface area contributed by atoms with E-state index >= 15 is 0 Å². The fraction of sp³-hybridized carbons (Fsp3) is 0.588. The van der Waals surface area contributed by atoms with Crippen LogP contribution in [0.4, 0.5) is 0 Å². The second-order valence-corrected chi connectivity index (χ2v) is 6.44. The van der Waals surface area contributed by atoms with Crippen LogP contribution < -0.4 is 5.32 Å². The molecule has 0 saturated heterocycles. The van der Waals surface area contributed by atoms with Gasteiger partial charge >= 0.3 is 0 Å². The number of rotatable bonds is 5. The molecule has 1 aromatic heterocycles. The minimum absolute atomic E-state index is 0.229. The van der Waals surface area contributed by atoms with Gasteiger partial charge in [0.2, 0.25) is 0 Å². The maximum atomic E-state index is 4.84.